The fourth-order valence-corrected chi connectivity index (χ4v) is 4.97. The number of hydrogen-bond donors (Lipinski definition) is 1. The number of nitriles is 2. The molecule has 3 atom stereocenters. The number of rotatable bonds is 3. The summed E-state index contributed by atoms with van der Waals surface area (Å²) in [6, 6.07) is 11.7. The molecule has 0 radical (unpaired) electrons. The second-order valence-electron chi connectivity index (χ2n) is 9.06. The molecule has 2 aromatic carbocycles. The first-order chi connectivity index (χ1) is 18.3. The number of benzene rings is 2. The molecule has 38 heavy (non-hydrogen) atoms. The van der Waals surface area contributed by atoms with Crippen molar-refractivity contribution in [2.75, 3.05) is 0 Å². The summed E-state index contributed by atoms with van der Waals surface area (Å²) in [4.78, 5) is 19.6. The van der Waals surface area contributed by atoms with Gasteiger partial charge in [-0.1, -0.05) is 24.8 Å². The molecule has 8 nitrogen and oxygen atoms in total. The van der Waals surface area contributed by atoms with Gasteiger partial charge in [0.15, 0.2) is 5.78 Å². The molecule has 2 aliphatic heterocycles. The number of carbonyl (C=O) groups is 1. The maximum Gasteiger partial charge on any atom is 0.183 e. The maximum absolute atomic E-state index is 14.2. The predicted molar refractivity (Wildman–Crippen MR) is 131 cm³/mol. The van der Waals surface area contributed by atoms with E-state index < -0.39 is 17.2 Å². The van der Waals surface area contributed by atoms with E-state index in [2.05, 4.69) is 16.5 Å². The van der Waals surface area contributed by atoms with Crippen LogP contribution in [0.25, 0.3) is 0 Å². The Labute approximate surface area is 216 Å². The van der Waals surface area contributed by atoms with Crippen molar-refractivity contribution in [3.8, 4) is 12.1 Å². The highest BCUT2D eigenvalue weighted by Gasteiger charge is 2.42. The lowest BCUT2D eigenvalue weighted by Crippen LogP contribution is -2.18. The third kappa shape index (κ3) is 4.07. The predicted octanol–water partition coefficient (Wildman–Crippen LogP) is 4.33. The molecule has 0 spiro atoms. The van der Waals surface area contributed by atoms with E-state index in [1.165, 1.54) is 30.7 Å². The van der Waals surface area contributed by atoms with Crippen LogP contribution in [-0.4, -0.2) is 30.0 Å². The fourth-order valence-electron chi connectivity index (χ4n) is 4.97. The Morgan fingerprint density at radius 2 is 1.55 bits per heavy atom. The first-order valence-corrected chi connectivity index (χ1v) is 11.6. The van der Waals surface area contributed by atoms with Crippen LogP contribution in [0.1, 0.15) is 63.4 Å². The highest BCUT2D eigenvalue weighted by atomic mass is 19.1. The summed E-state index contributed by atoms with van der Waals surface area (Å²) in [5.41, 5.74) is 1.28. The monoisotopic (exact) mass is 510 g/mol. The van der Waals surface area contributed by atoms with Gasteiger partial charge in [0, 0.05) is 24.0 Å². The standard InChI is InChI=1S/C15H12FN3O.C13H8FN3O/c1-2-15(20)6-13(19-9-18-8-14(15)19)11-4-3-10(7-17)5-12(11)16;14-10-3-8(5-15)1-2-9(10)11-4-13(18)12-6-16-7-17(11)12/h2-5,8-9,13,20H,1,6H2;1-3,6-7,11H,4H2/t13-,15-;11-/m11/s1. The van der Waals surface area contributed by atoms with Crippen LogP contribution in [0.3, 0.4) is 0 Å². The van der Waals surface area contributed by atoms with E-state index >= 15 is 0 Å². The molecule has 6 rings (SSSR count). The molecule has 188 valence electrons. The van der Waals surface area contributed by atoms with Crippen LogP contribution in [0.2, 0.25) is 0 Å². The van der Waals surface area contributed by atoms with Crippen molar-refractivity contribution in [2.24, 2.45) is 0 Å². The number of ketones is 1. The second-order valence-corrected chi connectivity index (χ2v) is 9.06. The first kappa shape index (κ1) is 24.8. The summed E-state index contributed by atoms with van der Waals surface area (Å²) in [6.45, 7) is 3.64. The number of aromatic nitrogens is 4. The summed E-state index contributed by atoms with van der Waals surface area (Å²) in [7, 11) is 0. The Morgan fingerprint density at radius 1 is 0.974 bits per heavy atom. The van der Waals surface area contributed by atoms with Crippen molar-refractivity contribution in [2.45, 2.75) is 30.5 Å². The number of imidazole rings is 2. The molecule has 1 N–H and O–H groups in total. The van der Waals surface area contributed by atoms with Crippen LogP contribution in [0.15, 0.2) is 74.1 Å². The summed E-state index contributed by atoms with van der Waals surface area (Å²) < 4.78 is 31.5. The van der Waals surface area contributed by atoms with Crippen molar-refractivity contribution in [3.63, 3.8) is 0 Å². The third-order valence-electron chi connectivity index (χ3n) is 6.93. The SMILES string of the molecule is C=C[C@@]1(O)C[C@H](c2ccc(C#N)cc2F)n2cncc21.N#Cc1ccc([C@H]2CC(=O)c3cncn32)c(F)c1. The number of carbonyl (C=O) groups excluding carboxylic acids is 1. The van der Waals surface area contributed by atoms with E-state index in [4.69, 9.17) is 10.5 Å². The average molecular weight is 511 g/mol. The molecule has 0 unspecified atom stereocenters. The van der Waals surface area contributed by atoms with Gasteiger partial charge in [0.25, 0.3) is 0 Å². The first-order valence-electron chi connectivity index (χ1n) is 11.6. The van der Waals surface area contributed by atoms with Gasteiger partial charge in [0.1, 0.15) is 22.9 Å². The number of fused-ring (bicyclic) bond motifs is 2. The lowest BCUT2D eigenvalue weighted by molar-refractivity contribution is 0.0882. The van der Waals surface area contributed by atoms with Gasteiger partial charge >= 0.3 is 0 Å². The van der Waals surface area contributed by atoms with E-state index in [0.717, 1.165) is 0 Å². The van der Waals surface area contributed by atoms with Crippen LogP contribution in [0.4, 0.5) is 8.78 Å². The van der Waals surface area contributed by atoms with Crippen molar-refractivity contribution in [1.82, 2.24) is 19.1 Å². The Balaban J connectivity index is 0.000000156. The van der Waals surface area contributed by atoms with Crippen molar-refractivity contribution < 1.29 is 18.7 Å². The number of Topliss-reactive ketones (excluding diaryl/α,β-unsaturated/α-hetero) is 1. The minimum absolute atomic E-state index is 0.0405. The molecule has 2 aliphatic rings. The van der Waals surface area contributed by atoms with Crippen LogP contribution in [-0.2, 0) is 5.60 Å². The average Bonchev–Trinajstić information content (AvgIpc) is 3.70. The molecule has 4 aromatic rings. The van der Waals surface area contributed by atoms with E-state index in [9.17, 15) is 18.7 Å². The molecule has 10 heteroatoms. The van der Waals surface area contributed by atoms with Gasteiger partial charge in [-0.25, -0.2) is 18.7 Å². The Kier molecular flexibility index (Phi) is 6.19. The maximum atomic E-state index is 14.2. The molecule has 0 amide bonds. The fraction of sp³-hybridized carbons (Fsp3) is 0.179. The number of hydrogen-bond acceptors (Lipinski definition) is 6. The van der Waals surface area contributed by atoms with E-state index in [0.29, 0.717) is 28.9 Å². The van der Waals surface area contributed by atoms with Crippen molar-refractivity contribution >= 4 is 5.78 Å². The van der Waals surface area contributed by atoms with Gasteiger partial charge in [-0.3, -0.25) is 4.79 Å². The van der Waals surface area contributed by atoms with Crippen LogP contribution < -0.4 is 0 Å². The molecule has 2 aromatic heterocycles. The quantitative estimate of drug-likeness (QED) is 0.410. The summed E-state index contributed by atoms with van der Waals surface area (Å²) in [5.74, 6) is -0.961. The van der Waals surface area contributed by atoms with Crippen molar-refractivity contribution in [1.29, 1.82) is 10.5 Å². The Morgan fingerprint density at radius 3 is 2.13 bits per heavy atom. The summed E-state index contributed by atoms with van der Waals surface area (Å²) in [6.07, 6.45) is 8.13. The normalized spacial score (nSPS) is 21.0. The number of nitrogens with zero attached hydrogens (tertiary/aromatic N) is 6. The van der Waals surface area contributed by atoms with Crippen LogP contribution >= 0.6 is 0 Å². The summed E-state index contributed by atoms with van der Waals surface area (Å²) >= 11 is 0. The van der Waals surface area contributed by atoms with Gasteiger partial charge in [-0.15, -0.1) is 0 Å². The van der Waals surface area contributed by atoms with Gasteiger partial charge in [-0.05, 0) is 24.3 Å². The molecule has 0 saturated heterocycles. The minimum Gasteiger partial charge on any atom is -0.379 e. The Hall–Kier alpha value is -4.93. The number of aliphatic hydroxyl groups is 1. The van der Waals surface area contributed by atoms with E-state index in [1.807, 2.05) is 12.1 Å². The van der Waals surface area contributed by atoms with E-state index in [-0.39, 0.29) is 35.4 Å². The molecular formula is C28H20F2N6O2. The molecule has 0 aliphatic carbocycles. The topological polar surface area (TPSA) is 121 Å². The van der Waals surface area contributed by atoms with Gasteiger partial charge < -0.3 is 14.2 Å². The third-order valence-corrected chi connectivity index (χ3v) is 6.93. The largest absolute Gasteiger partial charge is 0.379 e. The van der Waals surface area contributed by atoms with Crippen LogP contribution in [0, 0.1) is 34.3 Å². The molecule has 0 bridgehead atoms. The zero-order valence-electron chi connectivity index (χ0n) is 19.9. The van der Waals surface area contributed by atoms with Crippen molar-refractivity contribution in [3.05, 3.63) is 119 Å². The molecule has 0 fully saturated rings. The molecular weight excluding hydrogens is 490 g/mol. The second kappa shape index (κ2) is 9.51. The number of halogens is 2. The highest BCUT2D eigenvalue weighted by molar-refractivity contribution is 5.97. The van der Waals surface area contributed by atoms with Gasteiger partial charge in [0.05, 0.1) is 66.1 Å². The van der Waals surface area contributed by atoms with Crippen LogP contribution in [0.5, 0.6) is 0 Å². The molecule has 4 heterocycles. The zero-order valence-corrected chi connectivity index (χ0v) is 19.9. The zero-order chi connectivity index (χ0) is 27.0. The lowest BCUT2D eigenvalue weighted by Gasteiger charge is -2.17. The van der Waals surface area contributed by atoms with E-state index in [1.54, 1.807) is 45.9 Å². The Bertz CT molecular complexity index is 1660. The lowest BCUT2D eigenvalue weighted by atomic mass is 9.93. The summed E-state index contributed by atoms with van der Waals surface area (Å²) in [5, 5.41) is 28.0. The van der Waals surface area contributed by atoms with Gasteiger partial charge in [-0.2, -0.15) is 10.5 Å². The highest BCUT2D eigenvalue weighted by Crippen LogP contribution is 2.43. The smallest absolute Gasteiger partial charge is 0.183 e. The minimum atomic E-state index is -1.21. The van der Waals surface area contributed by atoms with Gasteiger partial charge in [0.2, 0.25) is 0 Å². The molecule has 0 saturated carbocycles.